The molecule has 0 aliphatic heterocycles. The maximum Gasteiger partial charge on any atom is 0.488 e. The molecule has 1 aromatic carbocycles. The third-order valence-electron chi connectivity index (χ3n) is 3.25. The molecule has 0 bridgehead atoms. The number of benzene rings is 1. The average Bonchev–Trinajstić information content (AvgIpc) is 2.46. The van der Waals surface area contributed by atoms with Crippen molar-refractivity contribution in [1.82, 2.24) is 0 Å². The van der Waals surface area contributed by atoms with Crippen LogP contribution in [0.2, 0.25) is 0 Å². The van der Waals surface area contributed by atoms with E-state index in [0.29, 0.717) is 12.1 Å². The summed E-state index contributed by atoms with van der Waals surface area (Å²) in [6.07, 6.45) is 10.5. The molecule has 0 heterocycles. The summed E-state index contributed by atoms with van der Waals surface area (Å²) in [6.45, 7) is 4.43. The molecule has 20 heavy (non-hydrogen) atoms. The second kappa shape index (κ2) is 10.5. The second-order valence-corrected chi connectivity index (χ2v) is 4.99. The van der Waals surface area contributed by atoms with Gasteiger partial charge in [0.2, 0.25) is 0 Å². The number of hydrogen-bond acceptors (Lipinski definition) is 3. The minimum atomic E-state index is -1.41. The van der Waals surface area contributed by atoms with Crippen LogP contribution >= 0.6 is 0 Å². The Labute approximate surface area is 122 Å². The van der Waals surface area contributed by atoms with Gasteiger partial charge >= 0.3 is 7.12 Å². The van der Waals surface area contributed by atoms with Crippen LogP contribution in [0.3, 0.4) is 0 Å². The summed E-state index contributed by atoms with van der Waals surface area (Å²) >= 11 is 0. The topological polar surface area (TPSA) is 49.7 Å². The lowest BCUT2D eigenvalue weighted by molar-refractivity contribution is 0.304. The van der Waals surface area contributed by atoms with E-state index in [1.54, 1.807) is 24.3 Å². The summed E-state index contributed by atoms with van der Waals surface area (Å²) < 4.78 is 5.61. The van der Waals surface area contributed by atoms with Gasteiger partial charge in [-0.1, -0.05) is 43.9 Å². The SMILES string of the molecule is C=CCCCCCCCCOc1ccc(B(O)O)cc1. The van der Waals surface area contributed by atoms with Crippen LogP contribution in [0.1, 0.15) is 44.9 Å². The molecule has 0 spiro atoms. The number of hydrogen-bond donors (Lipinski definition) is 2. The van der Waals surface area contributed by atoms with Crippen molar-refractivity contribution in [2.24, 2.45) is 0 Å². The summed E-state index contributed by atoms with van der Waals surface area (Å²) in [5.41, 5.74) is 0.483. The third kappa shape index (κ3) is 7.36. The second-order valence-electron chi connectivity index (χ2n) is 4.99. The van der Waals surface area contributed by atoms with Crippen LogP contribution in [0.15, 0.2) is 36.9 Å². The van der Waals surface area contributed by atoms with Crippen molar-refractivity contribution in [1.29, 1.82) is 0 Å². The smallest absolute Gasteiger partial charge is 0.488 e. The molecule has 3 nitrogen and oxygen atoms in total. The molecular weight excluding hydrogens is 251 g/mol. The summed E-state index contributed by atoms with van der Waals surface area (Å²) in [5.74, 6) is 0.778. The Morgan fingerprint density at radius 3 is 2.15 bits per heavy atom. The molecule has 0 radical (unpaired) electrons. The van der Waals surface area contributed by atoms with Crippen LogP contribution in [0.25, 0.3) is 0 Å². The fourth-order valence-electron chi connectivity index (χ4n) is 2.02. The molecule has 0 saturated carbocycles. The minimum Gasteiger partial charge on any atom is -0.494 e. The van der Waals surface area contributed by atoms with Gasteiger partial charge in [0.1, 0.15) is 5.75 Å². The van der Waals surface area contributed by atoms with Crippen molar-refractivity contribution < 1.29 is 14.8 Å². The zero-order valence-corrected chi connectivity index (χ0v) is 12.1. The first-order valence-electron chi connectivity index (χ1n) is 7.44. The largest absolute Gasteiger partial charge is 0.494 e. The van der Waals surface area contributed by atoms with Crippen LogP contribution in [-0.2, 0) is 0 Å². The highest BCUT2D eigenvalue weighted by Crippen LogP contribution is 2.10. The van der Waals surface area contributed by atoms with Gasteiger partial charge in [-0.25, -0.2) is 0 Å². The van der Waals surface area contributed by atoms with E-state index in [1.807, 2.05) is 6.08 Å². The van der Waals surface area contributed by atoms with Crippen LogP contribution in [-0.4, -0.2) is 23.8 Å². The van der Waals surface area contributed by atoms with Crippen LogP contribution in [0.4, 0.5) is 0 Å². The summed E-state index contributed by atoms with van der Waals surface area (Å²) in [7, 11) is -1.41. The van der Waals surface area contributed by atoms with E-state index in [1.165, 1.54) is 32.1 Å². The van der Waals surface area contributed by atoms with Gasteiger partial charge in [0, 0.05) is 0 Å². The summed E-state index contributed by atoms with van der Waals surface area (Å²) in [6, 6.07) is 6.87. The normalized spacial score (nSPS) is 10.3. The molecule has 110 valence electrons. The molecule has 0 aliphatic carbocycles. The Hall–Kier alpha value is -1.26. The molecule has 0 atom stereocenters. The average molecular weight is 276 g/mol. The molecule has 0 aliphatic rings. The van der Waals surface area contributed by atoms with Crippen molar-refractivity contribution in [3.63, 3.8) is 0 Å². The fourth-order valence-corrected chi connectivity index (χ4v) is 2.02. The van der Waals surface area contributed by atoms with E-state index < -0.39 is 7.12 Å². The monoisotopic (exact) mass is 276 g/mol. The van der Waals surface area contributed by atoms with Gasteiger partial charge in [0.15, 0.2) is 0 Å². The van der Waals surface area contributed by atoms with E-state index in [4.69, 9.17) is 14.8 Å². The third-order valence-corrected chi connectivity index (χ3v) is 3.25. The molecule has 0 fully saturated rings. The van der Waals surface area contributed by atoms with Gasteiger partial charge in [0.05, 0.1) is 6.61 Å². The molecule has 1 rings (SSSR count). The van der Waals surface area contributed by atoms with E-state index in [0.717, 1.165) is 18.6 Å². The van der Waals surface area contributed by atoms with Gasteiger partial charge in [-0.2, -0.15) is 0 Å². The first kappa shape index (κ1) is 16.8. The molecule has 4 heteroatoms. The number of unbranched alkanes of at least 4 members (excludes halogenated alkanes) is 6. The molecule has 0 amide bonds. The molecular formula is C16H25BO3. The van der Waals surface area contributed by atoms with Crippen LogP contribution in [0, 0.1) is 0 Å². The zero-order valence-electron chi connectivity index (χ0n) is 12.1. The lowest BCUT2D eigenvalue weighted by Gasteiger charge is -2.07. The van der Waals surface area contributed by atoms with Crippen molar-refractivity contribution >= 4 is 12.6 Å². The summed E-state index contributed by atoms with van der Waals surface area (Å²) in [4.78, 5) is 0. The van der Waals surface area contributed by atoms with Crippen molar-refractivity contribution in [2.45, 2.75) is 44.9 Å². The summed E-state index contributed by atoms with van der Waals surface area (Å²) in [5, 5.41) is 17.9. The van der Waals surface area contributed by atoms with Crippen LogP contribution < -0.4 is 10.2 Å². The van der Waals surface area contributed by atoms with Gasteiger partial charge in [-0.3, -0.25) is 0 Å². The lowest BCUT2D eigenvalue weighted by atomic mass is 9.80. The molecule has 0 unspecified atom stereocenters. The van der Waals surface area contributed by atoms with E-state index in [2.05, 4.69) is 6.58 Å². The Bertz CT molecular complexity index is 362. The van der Waals surface area contributed by atoms with Gasteiger partial charge < -0.3 is 14.8 Å². The highest BCUT2D eigenvalue weighted by molar-refractivity contribution is 6.58. The highest BCUT2D eigenvalue weighted by Gasteiger charge is 2.09. The maximum absolute atomic E-state index is 8.97. The number of allylic oxidation sites excluding steroid dienone is 1. The number of ether oxygens (including phenoxy) is 1. The Kier molecular flexibility index (Phi) is 8.84. The van der Waals surface area contributed by atoms with Crippen LogP contribution in [0.5, 0.6) is 5.75 Å². The maximum atomic E-state index is 8.97. The van der Waals surface area contributed by atoms with E-state index >= 15 is 0 Å². The Morgan fingerprint density at radius 2 is 1.55 bits per heavy atom. The lowest BCUT2D eigenvalue weighted by Crippen LogP contribution is -2.29. The first-order valence-corrected chi connectivity index (χ1v) is 7.44. The zero-order chi connectivity index (χ0) is 14.6. The van der Waals surface area contributed by atoms with E-state index in [9.17, 15) is 0 Å². The predicted octanol–water partition coefficient (Wildman–Crippen LogP) is 2.66. The first-order chi connectivity index (χ1) is 9.74. The predicted molar refractivity (Wildman–Crippen MR) is 84.3 cm³/mol. The highest BCUT2D eigenvalue weighted by atomic mass is 16.5. The van der Waals surface area contributed by atoms with Crippen molar-refractivity contribution in [3.05, 3.63) is 36.9 Å². The Morgan fingerprint density at radius 1 is 0.950 bits per heavy atom. The van der Waals surface area contributed by atoms with Gasteiger partial charge in [-0.15, -0.1) is 6.58 Å². The quantitative estimate of drug-likeness (QED) is 0.371. The van der Waals surface area contributed by atoms with Crippen molar-refractivity contribution in [2.75, 3.05) is 6.61 Å². The molecule has 1 aromatic rings. The van der Waals surface area contributed by atoms with Gasteiger partial charge in [0.25, 0.3) is 0 Å². The molecule has 0 saturated heterocycles. The van der Waals surface area contributed by atoms with Gasteiger partial charge in [-0.05, 0) is 36.9 Å². The van der Waals surface area contributed by atoms with E-state index in [-0.39, 0.29) is 0 Å². The van der Waals surface area contributed by atoms with Crippen molar-refractivity contribution in [3.8, 4) is 5.75 Å². The number of rotatable bonds is 11. The minimum absolute atomic E-state index is 0.483. The molecule has 2 N–H and O–H groups in total. The fraction of sp³-hybridized carbons (Fsp3) is 0.500. The standard InChI is InChI=1S/C16H25BO3/c1-2-3-4-5-6-7-8-9-14-20-16-12-10-15(11-13-16)17(18)19/h2,10-13,18-19H,1,3-9,14H2. The molecule has 0 aromatic heterocycles. The Balaban J connectivity index is 2.02.